The number of piperazine rings is 1. The maximum atomic E-state index is 11.1. The lowest BCUT2D eigenvalue weighted by Gasteiger charge is -2.50. The molecule has 0 bridgehead atoms. The molecule has 0 atom stereocenters. The third-order valence-electron chi connectivity index (χ3n) is 5.12. The molecule has 1 aromatic carbocycles. The van der Waals surface area contributed by atoms with E-state index in [9.17, 15) is 4.79 Å². The monoisotopic (exact) mass is 337 g/mol. The fourth-order valence-electron chi connectivity index (χ4n) is 3.95. The molecule has 1 aromatic rings. The average molecular weight is 338 g/mol. The first-order valence-corrected chi connectivity index (χ1v) is 8.50. The van der Waals surface area contributed by atoms with Crippen molar-refractivity contribution in [3.05, 3.63) is 29.8 Å². The molecule has 1 spiro atoms. The van der Waals surface area contributed by atoms with E-state index in [4.69, 9.17) is 0 Å². The summed E-state index contributed by atoms with van der Waals surface area (Å²) in [4.78, 5) is 13.8. The molecule has 1 amide bonds. The molecule has 1 saturated carbocycles. The number of carbonyl (C=O) groups is 1. The highest BCUT2D eigenvalue weighted by Gasteiger charge is 2.39. The van der Waals surface area contributed by atoms with Gasteiger partial charge in [0.25, 0.3) is 0 Å². The van der Waals surface area contributed by atoms with E-state index in [1.807, 2.05) is 12.1 Å². The van der Waals surface area contributed by atoms with Crippen molar-refractivity contribution in [1.82, 2.24) is 10.2 Å². The highest BCUT2D eigenvalue weighted by molar-refractivity contribution is 5.88. The Kier molecular flexibility index (Phi) is 6.45. The summed E-state index contributed by atoms with van der Waals surface area (Å²) < 4.78 is 0. The van der Waals surface area contributed by atoms with Crippen LogP contribution in [0.3, 0.4) is 0 Å². The van der Waals surface area contributed by atoms with Gasteiger partial charge < -0.3 is 10.6 Å². The van der Waals surface area contributed by atoms with Crippen molar-refractivity contribution in [1.29, 1.82) is 0 Å². The molecule has 2 fully saturated rings. The summed E-state index contributed by atoms with van der Waals surface area (Å²) in [5.74, 6) is -0.0176. The summed E-state index contributed by atoms with van der Waals surface area (Å²) in [6.45, 7) is 5.92. The summed E-state index contributed by atoms with van der Waals surface area (Å²) >= 11 is 0. The van der Waals surface area contributed by atoms with Crippen molar-refractivity contribution < 1.29 is 4.79 Å². The molecule has 3 rings (SSSR count). The van der Waals surface area contributed by atoms with E-state index >= 15 is 0 Å². The number of nitrogens with zero attached hydrogens (tertiary/aromatic N) is 1. The molecule has 5 heteroatoms. The first-order chi connectivity index (χ1) is 10.7. The number of rotatable bonds is 3. The SMILES string of the molecule is CC(=O)Nc1ccc(CN2CCNCC23CCCCC3)cc1.Cl. The molecule has 4 nitrogen and oxygen atoms in total. The Morgan fingerprint density at radius 1 is 1.22 bits per heavy atom. The van der Waals surface area contributed by atoms with Crippen LogP contribution in [0.5, 0.6) is 0 Å². The van der Waals surface area contributed by atoms with Crippen molar-refractivity contribution in [3.8, 4) is 0 Å². The number of hydrogen-bond donors (Lipinski definition) is 2. The van der Waals surface area contributed by atoms with Crippen LogP contribution in [0.2, 0.25) is 0 Å². The lowest BCUT2D eigenvalue weighted by Crippen LogP contribution is -2.61. The van der Waals surface area contributed by atoms with Gasteiger partial charge in [0.2, 0.25) is 5.91 Å². The minimum absolute atomic E-state index is 0. The van der Waals surface area contributed by atoms with E-state index in [1.54, 1.807) is 6.92 Å². The maximum Gasteiger partial charge on any atom is 0.221 e. The Bertz CT molecular complexity index is 503. The number of benzene rings is 1. The van der Waals surface area contributed by atoms with Gasteiger partial charge in [-0.15, -0.1) is 12.4 Å². The topological polar surface area (TPSA) is 44.4 Å². The Hall–Kier alpha value is -1.10. The van der Waals surface area contributed by atoms with E-state index in [-0.39, 0.29) is 18.3 Å². The second-order valence-electron chi connectivity index (χ2n) is 6.76. The minimum atomic E-state index is -0.0176. The van der Waals surface area contributed by atoms with Gasteiger partial charge in [-0.05, 0) is 30.5 Å². The molecule has 1 heterocycles. The van der Waals surface area contributed by atoms with Crippen LogP contribution in [0, 0.1) is 0 Å². The summed E-state index contributed by atoms with van der Waals surface area (Å²) in [5.41, 5.74) is 2.58. The van der Waals surface area contributed by atoms with E-state index in [0.717, 1.165) is 31.9 Å². The zero-order valence-electron chi connectivity index (χ0n) is 13.9. The van der Waals surface area contributed by atoms with E-state index in [0.29, 0.717) is 5.54 Å². The van der Waals surface area contributed by atoms with Gasteiger partial charge in [-0.25, -0.2) is 0 Å². The van der Waals surface area contributed by atoms with E-state index in [1.165, 1.54) is 37.7 Å². The Morgan fingerprint density at radius 3 is 2.57 bits per heavy atom. The molecule has 1 aliphatic heterocycles. The first kappa shape index (κ1) is 18.2. The highest BCUT2D eigenvalue weighted by Crippen LogP contribution is 2.35. The second kappa shape index (κ2) is 8.13. The van der Waals surface area contributed by atoms with Crippen LogP contribution in [0.4, 0.5) is 5.69 Å². The van der Waals surface area contributed by atoms with Crippen molar-refractivity contribution in [2.45, 2.75) is 51.1 Å². The zero-order valence-corrected chi connectivity index (χ0v) is 14.8. The number of carbonyl (C=O) groups excluding carboxylic acids is 1. The normalized spacial score (nSPS) is 20.7. The van der Waals surface area contributed by atoms with Crippen molar-refractivity contribution in [3.63, 3.8) is 0 Å². The van der Waals surface area contributed by atoms with Crippen LogP contribution in [-0.2, 0) is 11.3 Å². The molecule has 0 radical (unpaired) electrons. The molecule has 1 aliphatic carbocycles. The third kappa shape index (κ3) is 4.46. The third-order valence-corrected chi connectivity index (χ3v) is 5.12. The van der Waals surface area contributed by atoms with Crippen LogP contribution < -0.4 is 10.6 Å². The van der Waals surface area contributed by atoms with Crippen molar-refractivity contribution in [2.24, 2.45) is 0 Å². The van der Waals surface area contributed by atoms with E-state index in [2.05, 4.69) is 27.7 Å². The number of amides is 1. The van der Waals surface area contributed by atoms with Gasteiger partial charge in [-0.3, -0.25) is 9.69 Å². The molecular weight excluding hydrogens is 310 g/mol. The second-order valence-corrected chi connectivity index (χ2v) is 6.76. The number of halogens is 1. The van der Waals surface area contributed by atoms with Gasteiger partial charge in [0.05, 0.1) is 0 Å². The Morgan fingerprint density at radius 2 is 1.91 bits per heavy atom. The van der Waals surface area contributed by atoms with Gasteiger partial charge in [0, 0.05) is 44.3 Å². The van der Waals surface area contributed by atoms with Gasteiger partial charge >= 0.3 is 0 Å². The number of hydrogen-bond acceptors (Lipinski definition) is 3. The molecule has 1 saturated heterocycles. The standard InChI is InChI=1S/C18H27N3O.ClH/c1-15(22)20-17-7-5-16(6-8-17)13-21-12-11-19-14-18(21)9-3-2-4-10-18;/h5-8,19H,2-4,9-14H2,1H3,(H,20,22);1H. The van der Waals surface area contributed by atoms with Crippen LogP contribution >= 0.6 is 12.4 Å². The van der Waals surface area contributed by atoms with Gasteiger partial charge in [0.1, 0.15) is 0 Å². The molecule has 0 unspecified atom stereocenters. The average Bonchev–Trinajstić information content (AvgIpc) is 2.52. The predicted octanol–water partition coefficient (Wildman–Crippen LogP) is 3.17. The molecule has 2 N–H and O–H groups in total. The number of anilines is 1. The van der Waals surface area contributed by atoms with E-state index < -0.39 is 0 Å². The van der Waals surface area contributed by atoms with Crippen molar-refractivity contribution >= 4 is 24.0 Å². The van der Waals surface area contributed by atoms with Crippen molar-refractivity contribution in [2.75, 3.05) is 25.0 Å². The lowest BCUT2D eigenvalue weighted by atomic mass is 9.79. The zero-order chi connectivity index (χ0) is 15.4. The molecule has 128 valence electrons. The van der Waals surface area contributed by atoms with Gasteiger partial charge in [-0.1, -0.05) is 31.4 Å². The largest absolute Gasteiger partial charge is 0.326 e. The summed E-state index contributed by atoms with van der Waals surface area (Å²) in [6, 6.07) is 8.30. The highest BCUT2D eigenvalue weighted by atomic mass is 35.5. The van der Waals surface area contributed by atoms with Crippen LogP contribution in [0.15, 0.2) is 24.3 Å². The summed E-state index contributed by atoms with van der Waals surface area (Å²) in [5, 5.41) is 6.43. The smallest absolute Gasteiger partial charge is 0.221 e. The predicted molar refractivity (Wildman–Crippen MR) is 97.1 cm³/mol. The molecule has 0 aromatic heterocycles. The fraction of sp³-hybridized carbons (Fsp3) is 0.611. The maximum absolute atomic E-state index is 11.1. The molecular formula is C18H28ClN3O. The summed E-state index contributed by atoms with van der Waals surface area (Å²) in [7, 11) is 0. The van der Waals surface area contributed by atoms with Crippen LogP contribution in [0.25, 0.3) is 0 Å². The fourth-order valence-corrected chi connectivity index (χ4v) is 3.95. The number of nitrogens with one attached hydrogen (secondary N) is 2. The van der Waals surface area contributed by atoms with Gasteiger partial charge in [0.15, 0.2) is 0 Å². The van der Waals surface area contributed by atoms with Crippen LogP contribution in [0.1, 0.15) is 44.6 Å². The lowest BCUT2D eigenvalue weighted by molar-refractivity contribution is -0.114. The molecule has 2 aliphatic rings. The quantitative estimate of drug-likeness (QED) is 0.890. The Balaban J connectivity index is 0.00000192. The first-order valence-electron chi connectivity index (χ1n) is 8.50. The molecule has 23 heavy (non-hydrogen) atoms. The van der Waals surface area contributed by atoms with Crippen LogP contribution in [-0.4, -0.2) is 36.0 Å². The minimum Gasteiger partial charge on any atom is -0.326 e. The summed E-state index contributed by atoms with van der Waals surface area (Å²) in [6.07, 6.45) is 6.76. The Labute approximate surface area is 145 Å². The van der Waals surface area contributed by atoms with Gasteiger partial charge in [-0.2, -0.15) is 0 Å².